The fourth-order valence-electron chi connectivity index (χ4n) is 2.64. The number of halogens is 1. The van der Waals surface area contributed by atoms with Crippen LogP contribution < -0.4 is 0 Å². The Hall–Kier alpha value is -2.30. The maximum absolute atomic E-state index is 11.1. The minimum absolute atomic E-state index is 0.305. The van der Waals surface area contributed by atoms with Crippen LogP contribution in [0, 0.1) is 0 Å². The highest BCUT2D eigenvalue weighted by Gasteiger charge is 2.12. The van der Waals surface area contributed by atoms with Crippen LogP contribution in [0.4, 0.5) is 0 Å². The highest BCUT2D eigenvalue weighted by atomic mass is 35.5. The molecule has 3 nitrogen and oxygen atoms in total. The normalized spacial score (nSPS) is 11.3. The van der Waals surface area contributed by atoms with Gasteiger partial charge in [0.25, 0.3) is 0 Å². The minimum Gasteiger partial charge on any atom is -0.478 e. The zero-order valence-corrected chi connectivity index (χ0v) is 12.8. The number of aromatic nitrogens is 1. The molecule has 0 spiro atoms. The Labute approximate surface area is 134 Å². The molecule has 5 heteroatoms. The van der Waals surface area contributed by atoms with Gasteiger partial charge in [-0.1, -0.05) is 17.7 Å². The average Bonchev–Trinajstić information content (AvgIpc) is 3.13. The first-order chi connectivity index (χ1) is 10.6. The number of fused-ring (bicyclic) bond motifs is 2. The molecular weight excluding hydrogens is 318 g/mol. The lowest BCUT2D eigenvalue weighted by Crippen LogP contribution is -1.94. The van der Waals surface area contributed by atoms with Gasteiger partial charge in [0, 0.05) is 43.3 Å². The monoisotopic (exact) mass is 327 g/mol. The Bertz CT molecular complexity index is 1030. The summed E-state index contributed by atoms with van der Waals surface area (Å²) >= 11 is 7.86. The molecule has 0 radical (unpaired) electrons. The molecule has 0 fully saturated rings. The SMILES string of the molecule is O=C(O)c1ccc2sc(-c3ccc(Cl)c4c[nH]cc34)cc2c1. The first-order valence-electron chi connectivity index (χ1n) is 6.66. The molecule has 2 N–H and O–H groups in total. The summed E-state index contributed by atoms with van der Waals surface area (Å²) in [6.07, 6.45) is 3.82. The van der Waals surface area contributed by atoms with Crippen LogP contribution in [0.1, 0.15) is 10.4 Å². The summed E-state index contributed by atoms with van der Waals surface area (Å²) in [6, 6.07) is 11.1. The van der Waals surface area contributed by atoms with Crippen molar-refractivity contribution in [3.8, 4) is 10.4 Å². The molecule has 0 aliphatic heterocycles. The van der Waals surface area contributed by atoms with Crippen molar-refractivity contribution in [1.29, 1.82) is 0 Å². The van der Waals surface area contributed by atoms with Crippen molar-refractivity contribution in [2.24, 2.45) is 0 Å². The third-order valence-corrected chi connectivity index (χ3v) is 5.20. The average molecular weight is 328 g/mol. The molecule has 0 bridgehead atoms. The van der Waals surface area contributed by atoms with E-state index >= 15 is 0 Å². The van der Waals surface area contributed by atoms with E-state index in [-0.39, 0.29) is 0 Å². The number of H-pyrrole nitrogens is 1. The van der Waals surface area contributed by atoms with E-state index in [1.54, 1.807) is 23.5 Å². The smallest absolute Gasteiger partial charge is 0.335 e. The first kappa shape index (κ1) is 13.4. The van der Waals surface area contributed by atoms with E-state index in [1.807, 2.05) is 36.7 Å². The van der Waals surface area contributed by atoms with Gasteiger partial charge in [-0.3, -0.25) is 0 Å². The van der Waals surface area contributed by atoms with Crippen LogP contribution in [-0.4, -0.2) is 16.1 Å². The minimum atomic E-state index is -0.908. The number of nitrogens with one attached hydrogen (secondary N) is 1. The summed E-state index contributed by atoms with van der Waals surface area (Å²) in [4.78, 5) is 15.3. The molecule has 108 valence electrons. The topological polar surface area (TPSA) is 53.1 Å². The van der Waals surface area contributed by atoms with Crippen molar-refractivity contribution >= 4 is 49.8 Å². The summed E-state index contributed by atoms with van der Waals surface area (Å²) in [5.74, 6) is -0.908. The lowest BCUT2D eigenvalue weighted by Gasteiger charge is -2.01. The van der Waals surface area contributed by atoms with Crippen LogP contribution in [0.5, 0.6) is 0 Å². The molecule has 4 rings (SSSR count). The van der Waals surface area contributed by atoms with Crippen LogP contribution in [0.15, 0.2) is 48.8 Å². The standard InChI is InChI=1S/C17H10ClNO2S/c18-14-3-2-11(12-7-19-8-13(12)14)16-6-10-5-9(17(20)21)1-4-15(10)22-16/h1-8,19H,(H,20,21). The van der Waals surface area contributed by atoms with Gasteiger partial charge in [0.15, 0.2) is 0 Å². The van der Waals surface area contributed by atoms with Gasteiger partial charge in [0.05, 0.1) is 5.56 Å². The van der Waals surface area contributed by atoms with Gasteiger partial charge in [-0.15, -0.1) is 11.3 Å². The molecular formula is C17H10ClNO2S. The number of rotatable bonds is 2. The Morgan fingerprint density at radius 1 is 1.09 bits per heavy atom. The predicted molar refractivity (Wildman–Crippen MR) is 91.1 cm³/mol. The van der Waals surface area contributed by atoms with Crippen LogP contribution in [0.3, 0.4) is 0 Å². The third kappa shape index (κ3) is 2.00. The quantitative estimate of drug-likeness (QED) is 0.518. The second-order valence-corrected chi connectivity index (χ2v) is 6.54. The van der Waals surface area contributed by atoms with Gasteiger partial charge in [0.2, 0.25) is 0 Å². The molecule has 0 atom stereocenters. The second kappa shape index (κ2) is 4.87. The molecule has 0 unspecified atom stereocenters. The Kier molecular flexibility index (Phi) is 2.96. The van der Waals surface area contributed by atoms with Gasteiger partial charge in [0.1, 0.15) is 0 Å². The number of carboxylic acid groups (broad SMARTS) is 1. The van der Waals surface area contributed by atoms with E-state index in [1.165, 1.54) is 0 Å². The molecule has 0 amide bonds. The van der Waals surface area contributed by atoms with Gasteiger partial charge in [-0.2, -0.15) is 0 Å². The predicted octanol–water partition coefficient (Wildman–Crippen LogP) is 5.40. The number of hydrogen-bond donors (Lipinski definition) is 2. The summed E-state index contributed by atoms with van der Waals surface area (Å²) in [5, 5.41) is 12.8. The van der Waals surface area contributed by atoms with E-state index < -0.39 is 5.97 Å². The van der Waals surface area contributed by atoms with E-state index in [2.05, 4.69) is 4.98 Å². The van der Waals surface area contributed by atoms with Crippen LogP contribution in [0.2, 0.25) is 5.02 Å². The highest BCUT2D eigenvalue weighted by molar-refractivity contribution is 7.22. The number of carbonyl (C=O) groups is 1. The molecule has 22 heavy (non-hydrogen) atoms. The fraction of sp³-hybridized carbons (Fsp3) is 0. The molecule has 2 heterocycles. The zero-order chi connectivity index (χ0) is 15.3. The molecule has 0 saturated heterocycles. The molecule has 0 saturated carbocycles. The lowest BCUT2D eigenvalue weighted by atomic mass is 10.1. The molecule has 2 aromatic heterocycles. The largest absolute Gasteiger partial charge is 0.478 e. The van der Waals surface area contributed by atoms with Crippen molar-refractivity contribution in [3.05, 3.63) is 59.4 Å². The number of thiophene rings is 1. The maximum Gasteiger partial charge on any atom is 0.335 e. The van der Waals surface area contributed by atoms with Crippen molar-refractivity contribution in [1.82, 2.24) is 4.98 Å². The molecule has 4 aromatic rings. The van der Waals surface area contributed by atoms with Crippen LogP contribution in [0.25, 0.3) is 31.3 Å². The van der Waals surface area contributed by atoms with E-state index in [0.717, 1.165) is 31.3 Å². The van der Waals surface area contributed by atoms with Crippen LogP contribution >= 0.6 is 22.9 Å². The van der Waals surface area contributed by atoms with Gasteiger partial charge in [-0.25, -0.2) is 4.79 Å². The van der Waals surface area contributed by atoms with E-state index in [4.69, 9.17) is 16.7 Å². The number of carboxylic acids is 1. The van der Waals surface area contributed by atoms with Crippen LogP contribution in [-0.2, 0) is 0 Å². The fourth-order valence-corrected chi connectivity index (χ4v) is 3.95. The number of benzene rings is 2. The summed E-state index contributed by atoms with van der Waals surface area (Å²) in [5.41, 5.74) is 1.40. The molecule has 0 aliphatic carbocycles. The number of aromatic amines is 1. The summed E-state index contributed by atoms with van der Waals surface area (Å²) < 4.78 is 1.07. The third-order valence-electron chi connectivity index (χ3n) is 3.72. The van der Waals surface area contributed by atoms with Crippen molar-refractivity contribution in [3.63, 3.8) is 0 Å². The lowest BCUT2D eigenvalue weighted by molar-refractivity contribution is 0.0697. The molecule has 2 aromatic carbocycles. The number of hydrogen-bond acceptors (Lipinski definition) is 2. The van der Waals surface area contributed by atoms with Gasteiger partial charge >= 0.3 is 5.97 Å². The zero-order valence-electron chi connectivity index (χ0n) is 11.3. The van der Waals surface area contributed by atoms with Crippen molar-refractivity contribution < 1.29 is 9.90 Å². The van der Waals surface area contributed by atoms with Crippen molar-refractivity contribution in [2.75, 3.05) is 0 Å². The highest BCUT2D eigenvalue weighted by Crippen LogP contribution is 2.39. The molecule has 0 aliphatic rings. The Balaban J connectivity index is 1.95. The maximum atomic E-state index is 11.1. The summed E-state index contributed by atoms with van der Waals surface area (Å²) in [6.45, 7) is 0. The Morgan fingerprint density at radius 3 is 2.73 bits per heavy atom. The Morgan fingerprint density at radius 2 is 1.91 bits per heavy atom. The number of aromatic carboxylic acids is 1. The van der Waals surface area contributed by atoms with Gasteiger partial charge < -0.3 is 10.1 Å². The van der Waals surface area contributed by atoms with E-state index in [9.17, 15) is 4.79 Å². The van der Waals surface area contributed by atoms with Gasteiger partial charge in [-0.05, 0) is 35.7 Å². The van der Waals surface area contributed by atoms with Crippen molar-refractivity contribution in [2.45, 2.75) is 0 Å². The second-order valence-electron chi connectivity index (χ2n) is 5.05. The summed E-state index contributed by atoms with van der Waals surface area (Å²) in [7, 11) is 0. The first-order valence-corrected chi connectivity index (χ1v) is 7.85. The van der Waals surface area contributed by atoms with E-state index in [0.29, 0.717) is 10.6 Å².